The molecule has 1 aliphatic heterocycles. The second-order valence-corrected chi connectivity index (χ2v) is 2.88. The molecule has 0 aromatic heterocycles. The van der Waals surface area contributed by atoms with E-state index >= 15 is 0 Å². The van der Waals surface area contributed by atoms with E-state index < -0.39 is 0 Å². The van der Waals surface area contributed by atoms with Crippen molar-refractivity contribution in [1.29, 1.82) is 0 Å². The minimum absolute atomic E-state index is 0.101. The first-order valence-corrected chi connectivity index (χ1v) is 4.36. The van der Waals surface area contributed by atoms with Crippen molar-refractivity contribution < 1.29 is 9.90 Å². The molecule has 69 valence electrons. The average molecular weight is 171 g/mol. The van der Waals surface area contributed by atoms with Crippen molar-refractivity contribution in [3.05, 3.63) is 0 Å². The molecule has 0 aromatic carbocycles. The number of nitrogens with zero attached hydrogens (tertiary/aromatic N) is 2. The van der Waals surface area contributed by atoms with Crippen LogP contribution in [0.15, 0.2) is 0 Å². The quantitative estimate of drug-likeness (QED) is 0.604. The first-order valence-electron chi connectivity index (χ1n) is 4.36. The third-order valence-electron chi connectivity index (χ3n) is 1.96. The maximum absolute atomic E-state index is 11.3. The summed E-state index contributed by atoms with van der Waals surface area (Å²) in [5.41, 5.74) is 0. The van der Waals surface area contributed by atoms with Crippen molar-refractivity contribution in [2.75, 3.05) is 32.8 Å². The molecule has 4 nitrogen and oxygen atoms in total. The minimum Gasteiger partial charge on any atom is -0.396 e. The fourth-order valence-corrected chi connectivity index (χ4v) is 1.24. The number of carbonyl (C=O) groups excluding carboxylic acids is 1. The molecule has 1 saturated heterocycles. The molecule has 0 saturated carbocycles. The van der Waals surface area contributed by atoms with Crippen LogP contribution in [-0.4, -0.2) is 48.7 Å². The fourth-order valence-electron chi connectivity index (χ4n) is 1.24. The molecule has 1 aliphatic rings. The highest BCUT2D eigenvalue weighted by molar-refractivity contribution is 5.76. The summed E-state index contributed by atoms with van der Waals surface area (Å²) in [6.45, 7) is 3.15. The standard InChI is InChI=1S/C8H15N2O2/c11-7-1-2-8(12)10-5-3-9-4-6-10/h11H,1-7H2. The fraction of sp³-hybridized carbons (Fsp3) is 0.875. The minimum atomic E-state index is 0.101. The Morgan fingerprint density at radius 3 is 2.67 bits per heavy atom. The lowest BCUT2D eigenvalue weighted by atomic mass is 10.2. The molecule has 0 aromatic rings. The van der Waals surface area contributed by atoms with E-state index in [1.807, 2.05) is 4.90 Å². The second-order valence-electron chi connectivity index (χ2n) is 2.88. The van der Waals surface area contributed by atoms with Crippen molar-refractivity contribution in [2.24, 2.45) is 0 Å². The van der Waals surface area contributed by atoms with Crippen LogP contribution in [-0.2, 0) is 4.79 Å². The molecule has 0 spiro atoms. The van der Waals surface area contributed by atoms with Gasteiger partial charge in [-0.05, 0) is 6.42 Å². The number of hydrogen-bond donors (Lipinski definition) is 1. The molecule has 1 amide bonds. The molecule has 1 heterocycles. The predicted molar refractivity (Wildman–Crippen MR) is 44.8 cm³/mol. The van der Waals surface area contributed by atoms with E-state index in [9.17, 15) is 4.79 Å². The zero-order valence-electron chi connectivity index (χ0n) is 7.20. The van der Waals surface area contributed by atoms with Gasteiger partial charge < -0.3 is 10.0 Å². The molecule has 1 fully saturated rings. The van der Waals surface area contributed by atoms with E-state index in [0.717, 1.165) is 26.2 Å². The number of aliphatic hydroxyl groups excluding tert-OH is 1. The average Bonchev–Trinajstić information content (AvgIpc) is 2.15. The summed E-state index contributed by atoms with van der Waals surface area (Å²) in [7, 11) is 0. The lowest BCUT2D eigenvalue weighted by Crippen LogP contribution is -2.43. The Hall–Kier alpha value is -0.610. The molecule has 1 radical (unpaired) electrons. The highest BCUT2D eigenvalue weighted by atomic mass is 16.3. The maximum atomic E-state index is 11.3. The summed E-state index contributed by atoms with van der Waals surface area (Å²) < 4.78 is 0. The Morgan fingerprint density at radius 2 is 2.08 bits per heavy atom. The van der Waals surface area contributed by atoms with Gasteiger partial charge in [0.05, 0.1) is 0 Å². The van der Waals surface area contributed by atoms with E-state index in [2.05, 4.69) is 5.32 Å². The van der Waals surface area contributed by atoms with Gasteiger partial charge in [-0.1, -0.05) is 0 Å². The van der Waals surface area contributed by atoms with E-state index in [4.69, 9.17) is 5.11 Å². The van der Waals surface area contributed by atoms with Gasteiger partial charge in [0.2, 0.25) is 5.91 Å². The van der Waals surface area contributed by atoms with Crippen LogP contribution in [0.2, 0.25) is 0 Å². The van der Waals surface area contributed by atoms with Crippen LogP contribution in [0.25, 0.3) is 0 Å². The van der Waals surface area contributed by atoms with Crippen LogP contribution in [0.4, 0.5) is 0 Å². The van der Waals surface area contributed by atoms with E-state index in [1.165, 1.54) is 0 Å². The van der Waals surface area contributed by atoms with Crippen LogP contribution in [0.3, 0.4) is 0 Å². The van der Waals surface area contributed by atoms with Crippen LogP contribution in [0.5, 0.6) is 0 Å². The Balaban J connectivity index is 2.20. The smallest absolute Gasteiger partial charge is 0.222 e. The Labute approximate surface area is 72.6 Å². The van der Waals surface area contributed by atoms with Gasteiger partial charge in [-0.25, -0.2) is 5.32 Å². The SMILES string of the molecule is O=C(CCCO)N1CC[N]CC1. The Morgan fingerprint density at radius 1 is 1.42 bits per heavy atom. The van der Waals surface area contributed by atoms with Crippen LogP contribution in [0, 0.1) is 0 Å². The molecular formula is C8H15N2O2. The number of carbonyl (C=O) groups is 1. The largest absolute Gasteiger partial charge is 0.396 e. The van der Waals surface area contributed by atoms with Gasteiger partial charge in [0.25, 0.3) is 0 Å². The van der Waals surface area contributed by atoms with Gasteiger partial charge in [-0.3, -0.25) is 4.79 Å². The van der Waals surface area contributed by atoms with Crippen molar-refractivity contribution in [3.63, 3.8) is 0 Å². The number of hydrogen-bond acceptors (Lipinski definition) is 2. The molecule has 1 rings (SSSR count). The van der Waals surface area contributed by atoms with Crippen LogP contribution >= 0.6 is 0 Å². The van der Waals surface area contributed by atoms with Gasteiger partial charge in [0.1, 0.15) is 0 Å². The first-order chi connectivity index (χ1) is 5.84. The van der Waals surface area contributed by atoms with Crippen LogP contribution < -0.4 is 5.32 Å². The van der Waals surface area contributed by atoms with Crippen molar-refractivity contribution in [2.45, 2.75) is 12.8 Å². The number of piperazine rings is 1. The molecule has 4 heteroatoms. The van der Waals surface area contributed by atoms with Gasteiger partial charge in [0.15, 0.2) is 0 Å². The third-order valence-corrected chi connectivity index (χ3v) is 1.96. The predicted octanol–water partition coefficient (Wildman–Crippen LogP) is -0.794. The first kappa shape index (κ1) is 9.48. The molecule has 12 heavy (non-hydrogen) atoms. The van der Waals surface area contributed by atoms with Gasteiger partial charge in [-0.2, -0.15) is 0 Å². The van der Waals surface area contributed by atoms with Crippen molar-refractivity contribution in [1.82, 2.24) is 10.2 Å². The molecule has 0 unspecified atom stereocenters. The second kappa shape index (κ2) is 5.11. The molecule has 0 bridgehead atoms. The highest BCUT2D eigenvalue weighted by Crippen LogP contribution is 1.99. The number of amides is 1. The Kier molecular flexibility index (Phi) is 4.04. The number of aliphatic hydroxyl groups is 1. The van der Waals surface area contributed by atoms with E-state index in [1.54, 1.807) is 0 Å². The van der Waals surface area contributed by atoms with Crippen LogP contribution in [0.1, 0.15) is 12.8 Å². The number of rotatable bonds is 3. The summed E-state index contributed by atoms with van der Waals surface area (Å²) in [5.74, 6) is 0.152. The lowest BCUT2D eigenvalue weighted by Gasteiger charge is -2.26. The van der Waals surface area contributed by atoms with Crippen molar-refractivity contribution >= 4 is 5.91 Å². The molecule has 0 atom stereocenters. The van der Waals surface area contributed by atoms with Gasteiger partial charge >= 0.3 is 0 Å². The summed E-state index contributed by atoms with van der Waals surface area (Å²) in [6, 6.07) is 0. The van der Waals surface area contributed by atoms with Crippen molar-refractivity contribution in [3.8, 4) is 0 Å². The summed E-state index contributed by atoms with van der Waals surface area (Å²) in [6.07, 6.45) is 1.04. The molecule has 1 N–H and O–H groups in total. The Bertz CT molecular complexity index is 144. The van der Waals surface area contributed by atoms with E-state index in [0.29, 0.717) is 12.8 Å². The normalized spacial score (nSPS) is 17.9. The zero-order valence-corrected chi connectivity index (χ0v) is 7.20. The summed E-state index contributed by atoms with van der Waals surface area (Å²) >= 11 is 0. The maximum Gasteiger partial charge on any atom is 0.222 e. The van der Waals surface area contributed by atoms with Gasteiger partial charge in [-0.15, -0.1) is 0 Å². The summed E-state index contributed by atoms with van der Waals surface area (Å²) in [5, 5.41) is 12.7. The zero-order chi connectivity index (χ0) is 8.81. The molecular weight excluding hydrogens is 156 g/mol. The monoisotopic (exact) mass is 171 g/mol. The topological polar surface area (TPSA) is 54.6 Å². The summed E-state index contributed by atoms with van der Waals surface area (Å²) in [4.78, 5) is 13.2. The third kappa shape index (κ3) is 2.79. The highest BCUT2D eigenvalue weighted by Gasteiger charge is 2.15. The molecule has 0 aliphatic carbocycles. The van der Waals surface area contributed by atoms with Gasteiger partial charge in [0, 0.05) is 39.2 Å². The van der Waals surface area contributed by atoms with E-state index in [-0.39, 0.29) is 12.5 Å². The lowest BCUT2D eigenvalue weighted by molar-refractivity contribution is -0.132.